The number of aromatic nitrogens is 2. The molecule has 3 rings (SSSR count). The highest BCUT2D eigenvalue weighted by Gasteiger charge is 2.18. The van der Waals surface area contributed by atoms with Crippen LogP contribution in [0.25, 0.3) is 10.8 Å². The molecule has 3 aromatic rings. The molecule has 0 aliphatic carbocycles. The van der Waals surface area contributed by atoms with Crippen LogP contribution in [0.2, 0.25) is 10.0 Å². The minimum absolute atomic E-state index is 0.0304. The molecule has 0 unspecified atom stereocenters. The normalized spacial score (nSPS) is 10.8. The van der Waals surface area contributed by atoms with Crippen LogP contribution in [0.15, 0.2) is 41.2 Å². The minimum atomic E-state index is -0.663. The fourth-order valence-corrected chi connectivity index (χ4v) is 3.84. The van der Waals surface area contributed by atoms with Crippen molar-refractivity contribution in [2.45, 2.75) is 32.7 Å². The highest BCUT2D eigenvalue weighted by molar-refractivity contribution is 6.37. The van der Waals surface area contributed by atoms with Gasteiger partial charge in [-0.15, -0.1) is 0 Å². The Hall–Kier alpha value is -3.10. The molecule has 0 aliphatic heterocycles. The lowest BCUT2D eigenvalue weighted by atomic mass is 10.1. The van der Waals surface area contributed by atoms with Crippen molar-refractivity contribution in [3.63, 3.8) is 0 Å². The summed E-state index contributed by atoms with van der Waals surface area (Å²) < 4.78 is 6.35. The summed E-state index contributed by atoms with van der Waals surface area (Å²) in [6, 6.07) is 9.46. The fraction of sp³-hybridized carbons (Fsp3) is 0.273. The molecule has 8 nitrogen and oxygen atoms in total. The zero-order chi connectivity index (χ0) is 23.3. The summed E-state index contributed by atoms with van der Waals surface area (Å²) >= 11 is 12.1. The summed E-state index contributed by atoms with van der Waals surface area (Å²) in [4.78, 5) is 38.1. The van der Waals surface area contributed by atoms with Crippen LogP contribution < -0.4 is 21.1 Å². The van der Waals surface area contributed by atoms with Crippen molar-refractivity contribution < 1.29 is 14.3 Å². The van der Waals surface area contributed by atoms with Gasteiger partial charge in [0, 0.05) is 17.5 Å². The average Bonchev–Trinajstić information content (AvgIpc) is 2.78. The van der Waals surface area contributed by atoms with Crippen molar-refractivity contribution in [3.8, 4) is 5.75 Å². The maximum Gasteiger partial charge on any atom is 0.290 e. The van der Waals surface area contributed by atoms with Crippen molar-refractivity contribution in [1.29, 1.82) is 0 Å². The van der Waals surface area contributed by atoms with Crippen LogP contribution in [-0.4, -0.2) is 28.7 Å². The predicted molar refractivity (Wildman–Crippen MR) is 123 cm³/mol. The second-order valence-electron chi connectivity index (χ2n) is 7.01. The van der Waals surface area contributed by atoms with Gasteiger partial charge in [-0.25, -0.2) is 4.68 Å². The third kappa shape index (κ3) is 5.03. The monoisotopic (exact) mass is 476 g/mol. The molecule has 0 saturated heterocycles. The number of unbranched alkanes of at least 4 members (excludes halogenated alkanes) is 2. The number of nitrogens with one attached hydrogen (secondary N) is 2. The molecule has 1 heterocycles. The number of methoxy groups -OCH3 is 1. The number of nitrogens with zero attached hydrogens (tertiary/aromatic N) is 2. The standard InChI is InChI=1S/C22H22Cl2N4O4/c1-3-4-7-10-28-22(31)15-9-6-5-8-14(15)18(27-28)21(30)26-25-20(29)13-11-16(23)19(32-2)17(24)12-13/h5-6,8-9,11-12H,3-4,7,10H2,1-2H3,(H,25,29)(H,26,30). The molecule has 1 aromatic heterocycles. The minimum Gasteiger partial charge on any atom is -0.494 e. The molecule has 0 saturated carbocycles. The van der Waals surface area contributed by atoms with E-state index in [0.29, 0.717) is 17.3 Å². The molecule has 0 aliphatic rings. The van der Waals surface area contributed by atoms with Crippen molar-refractivity contribution in [1.82, 2.24) is 20.6 Å². The molecule has 10 heteroatoms. The van der Waals surface area contributed by atoms with E-state index >= 15 is 0 Å². The van der Waals surface area contributed by atoms with Crippen molar-refractivity contribution >= 4 is 45.8 Å². The van der Waals surface area contributed by atoms with Crippen LogP contribution in [0.1, 0.15) is 47.0 Å². The number of hydrogen-bond donors (Lipinski definition) is 2. The highest BCUT2D eigenvalue weighted by Crippen LogP contribution is 2.33. The summed E-state index contributed by atoms with van der Waals surface area (Å²) in [6.07, 6.45) is 2.69. The van der Waals surface area contributed by atoms with E-state index in [9.17, 15) is 14.4 Å². The van der Waals surface area contributed by atoms with Crippen molar-refractivity contribution in [2.75, 3.05) is 7.11 Å². The summed E-state index contributed by atoms with van der Waals surface area (Å²) in [6.45, 7) is 2.45. The quantitative estimate of drug-likeness (QED) is 0.396. The number of fused-ring (bicyclic) bond motifs is 1. The lowest BCUT2D eigenvalue weighted by Gasteiger charge is -2.12. The van der Waals surface area contributed by atoms with Crippen molar-refractivity contribution in [3.05, 3.63) is 68.1 Å². The largest absolute Gasteiger partial charge is 0.494 e. The molecule has 168 valence electrons. The number of ether oxygens (including phenoxy) is 1. The van der Waals surface area contributed by atoms with E-state index in [4.69, 9.17) is 27.9 Å². The van der Waals surface area contributed by atoms with Gasteiger partial charge in [0.2, 0.25) is 0 Å². The van der Waals surface area contributed by atoms with Crippen molar-refractivity contribution in [2.24, 2.45) is 0 Å². The zero-order valence-corrected chi connectivity index (χ0v) is 19.1. The highest BCUT2D eigenvalue weighted by atomic mass is 35.5. The molecule has 0 fully saturated rings. The van der Waals surface area contributed by atoms with Gasteiger partial charge in [0.05, 0.1) is 22.5 Å². The lowest BCUT2D eigenvalue weighted by Crippen LogP contribution is -2.42. The lowest BCUT2D eigenvalue weighted by molar-refractivity contribution is 0.0843. The SMILES string of the molecule is CCCCCn1nc(C(=O)NNC(=O)c2cc(Cl)c(OC)c(Cl)c2)c2ccccc2c1=O. The van der Waals surface area contributed by atoms with Gasteiger partial charge < -0.3 is 4.74 Å². The van der Waals surface area contributed by atoms with Gasteiger partial charge >= 0.3 is 0 Å². The average molecular weight is 477 g/mol. The van der Waals surface area contributed by atoms with Crippen LogP contribution >= 0.6 is 23.2 Å². The first kappa shape index (κ1) is 23.6. The zero-order valence-electron chi connectivity index (χ0n) is 17.6. The van der Waals surface area contributed by atoms with E-state index in [2.05, 4.69) is 22.9 Å². The van der Waals surface area contributed by atoms with E-state index in [0.717, 1.165) is 19.3 Å². The summed E-state index contributed by atoms with van der Waals surface area (Å²) in [5.74, 6) is -1.05. The third-order valence-electron chi connectivity index (χ3n) is 4.81. The first-order chi connectivity index (χ1) is 15.4. The molecule has 0 bridgehead atoms. The topological polar surface area (TPSA) is 102 Å². The van der Waals surface area contributed by atoms with Gasteiger partial charge in [-0.1, -0.05) is 61.2 Å². The molecular weight excluding hydrogens is 455 g/mol. The van der Waals surface area contributed by atoms with Crippen LogP contribution in [0.5, 0.6) is 5.75 Å². The summed E-state index contributed by atoms with van der Waals surface area (Å²) in [5.41, 5.74) is 4.55. The van der Waals surface area contributed by atoms with E-state index in [1.807, 2.05) is 0 Å². The summed E-state index contributed by atoms with van der Waals surface area (Å²) in [5, 5.41) is 5.34. The Labute approximate surface area is 194 Å². The van der Waals surface area contributed by atoms with Crippen LogP contribution in [-0.2, 0) is 6.54 Å². The second kappa shape index (κ2) is 10.5. The maximum atomic E-state index is 12.8. The number of carbonyl (C=O) groups excluding carboxylic acids is 2. The number of rotatable bonds is 7. The molecular formula is C22H22Cl2N4O4. The number of hydrazine groups is 1. The first-order valence-electron chi connectivity index (χ1n) is 10.0. The van der Waals surface area contributed by atoms with Gasteiger partial charge in [-0.2, -0.15) is 5.10 Å². The van der Waals surface area contributed by atoms with Gasteiger partial charge in [-0.05, 0) is 24.6 Å². The van der Waals surface area contributed by atoms with E-state index in [1.165, 1.54) is 23.9 Å². The fourth-order valence-electron chi connectivity index (χ4n) is 3.20. The van der Waals surface area contributed by atoms with E-state index < -0.39 is 11.8 Å². The Morgan fingerprint density at radius 1 is 1.03 bits per heavy atom. The number of carbonyl (C=O) groups is 2. The van der Waals surface area contributed by atoms with E-state index in [-0.39, 0.29) is 32.6 Å². The molecule has 2 N–H and O–H groups in total. The van der Waals surface area contributed by atoms with Gasteiger partial charge in [-0.3, -0.25) is 25.2 Å². The van der Waals surface area contributed by atoms with Gasteiger partial charge in [0.1, 0.15) is 0 Å². The Bertz CT molecular complexity index is 1200. The number of amides is 2. The number of halogens is 2. The Kier molecular flexibility index (Phi) is 7.71. The molecule has 2 aromatic carbocycles. The van der Waals surface area contributed by atoms with Crippen LogP contribution in [0, 0.1) is 0 Å². The molecule has 0 spiro atoms. The summed E-state index contributed by atoms with van der Waals surface area (Å²) in [7, 11) is 1.41. The number of hydrogen-bond acceptors (Lipinski definition) is 5. The Morgan fingerprint density at radius 3 is 2.28 bits per heavy atom. The second-order valence-corrected chi connectivity index (χ2v) is 7.83. The van der Waals surface area contributed by atoms with Crippen LogP contribution in [0.3, 0.4) is 0 Å². The predicted octanol–water partition coefficient (Wildman–Crippen LogP) is 3.98. The number of benzene rings is 2. The van der Waals surface area contributed by atoms with Gasteiger partial charge in [0.25, 0.3) is 17.4 Å². The smallest absolute Gasteiger partial charge is 0.290 e. The molecule has 32 heavy (non-hydrogen) atoms. The van der Waals surface area contributed by atoms with Crippen LogP contribution in [0.4, 0.5) is 0 Å². The molecule has 0 radical (unpaired) electrons. The Balaban J connectivity index is 1.84. The Morgan fingerprint density at radius 2 is 1.66 bits per heavy atom. The molecule has 2 amide bonds. The third-order valence-corrected chi connectivity index (χ3v) is 5.37. The van der Waals surface area contributed by atoms with E-state index in [1.54, 1.807) is 24.3 Å². The first-order valence-corrected chi connectivity index (χ1v) is 10.8. The van der Waals surface area contributed by atoms with Gasteiger partial charge in [0.15, 0.2) is 11.4 Å². The number of aryl methyl sites for hydroxylation is 1. The molecule has 0 atom stereocenters. The maximum absolute atomic E-state index is 12.8.